The summed E-state index contributed by atoms with van der Waals surface area (Å²) in [6.45, 7) is 6.14. The van der Waals surface area contributed by atoms with E-state index in [2.05, 4.69) is 4.90 Å². The number of aliphatic hydroxyl groups is 2. The highest BCUT2D eigenvalue weighted by molar-refractivity contribution is 4.78. The summed E-state index contributed by atoms with van der Waals surface area (Å²) < 4.78 is 0. The molecule has 0 spiro atoms. The molecule has 0 bridgehead atoms. The molecular weight excluding hydrogens is 166 g/mol. The predicted octanol–water partition coefficient (Wildman–Crippen LogP) is 0.460. The fourth-order valence-corrected chi connectivity index (χ4v) is 1.92. The van der Waals surface area contributed by atoms with Crippen molar-refractivity contribution in [2.24, 2.45) is 5.92 Å². The van der Waals surface area contributed by atoms with Gasteiger partial charge >= 0.3 is 0 Å². The molecule has 3 nitrogen and oxygen atoms in total. The molecule has 0 aromatic carbocycles. The fraction of sp³-hybridized carbons (Fsp3) is 1.00. The summed E-state index contributed by atoms with van der Waals surface area (Å²) in [6, 6.07) is 0.217. The van der Waals surface area contributed by atoms with Crippen molar-refractivity contribution in [1.29, 1.82) is 0 Å². The van der Waals surface area contributed by atoms with Crippen LogP contribution in [0.5, 0.6) is 0 Å². The Morgan fingerprint density at radius 2 is 2.15 bits per heavy atom. The van der Waals surface area contributed by atoms with Crippen LogP contribution in [-0.4, -0.2) is 47.0 Å². The van der Waals surface area contributed by atoms with Crippen LogP contribution in [0, 0.1) is 5.92 Å². The number of piperidine rings is 1. The van der Waals surface area contributed by atoms with Crippen molar-refractivity contribution in [2.45, 2.75) is 38.8 Å². The van der Waals surface area contributed by atoms with Gasteiger partial charge in [-0.3, -0.25) is 4.90 Å². The Kier molecular flexibility index (Phi) is 4.16. The molecule has 1 fully saturated rings. The highest BCUT2D eigenvalue weighted by Gasteiger charge is 2.24. The van der Waals surface area contributed by atoms with Gasteiger partial charge in [0.15, 0.2) is 0 Å². The Morgan fingerprint density at radius 1 is 1.46 bits per heavy atom. The molecule has 1 rings (SSSR count). The van der Waals surface area contributed by atoms with Gasteiger partial charge in [0.1, 0.15) is 0 Å². The molecule has 0 radical (unpaired) electrons. The van der Waals surface area contributed by atoms with Gasteiger partial charge in [0.05, 0.1) is 6.10 Å². The molecular formula is C10H21NO2. The monoisotopic (exact) mass is 187 g/mol. The zero-order chi connectivity index (χ0) is 9.84. The van der Waals surface area contributed by atoms with Gasteiger partial charge in [-0.05, 0) is 39.2 Å². The minimum Gasteiger partial charge on any atom is -0.396 e. The number of hydrogen-bond acceptors (Lipinski definition) is 3. The smallest absolute Gasteiger partial charge is 0.0664 e. The molecule has 0 saturated carbocycles. The van der Waals surface area contributed by atoms with Crippen molar-refractivity contribution in [1.82, 2.24) is 4.90 Å². The molecule has 1 aliphatic heterocycles. The maximum Gasteiger partial charge on any atom is 0.0664 e. The summed E-state index contributed by atoms with van der Waals surface area (Å²) in [5.74, 6) is 0.412. The highest BCUT2D eigenvalue weighted by Crippen LogP contribution is 2.18. The maximum absolute atomic E-state index is 9.43. The van der Waals surface area contributed by atoms with Crippen molar-refractivity contribution >= 4 is 0 Å². The van der Waals surface area contributed by atoms with Crippen LogP contribution in [0.4, 0.5) is 0 Å². The summed E-state index contributed by atoms with van der Waals surface area (Å²) >= 11 is 0. The molecule has 2 N–H and O–H groups in total. The van der Waals surface area contributed by atoms with Gasteiger partial charge in [0, 0.05) is 19.2 Å². The summed E-state index contributed by atoms with van der Waals surface area (Å²) in [7, 11) is 0. The van der Waals surface area contributed by atoms with Crippen LogP contribution in [0.2, 0.25) is 0 Å². The van der Waals surface area contributed by atoms with Crippen molar-refractivity contribution in [3.8, 4) is 0 Å². The van der Waals surface area contributed by atoms with Crippen LogP contribution in [0.25, 0.3) is 0 Å². The van der Waals surface area contributed by atoms with Gasteiger partial charge in [-0.15, -0.1) is 0 Å². The molecule has 3 unspecified atom stereocenters. The third-order valence-electron chi connectivity index (χ3n) is 3.08. The Balaban J connectivity index is 2.41. The van der Waals surface area contributed by atoms with E-state index in [1.807, 2.05) is 13.8 Å². The van der Waals surface area contributed by atoms with Crippen molar-refractivity contribution < 1.29 is 10.2 Å². The second kappa shape index (κ2) is 4.94. The van der Waals surface area contributed by atoms with Crippen molar-refractivity contribution in [3.63, 3.8) is 0 Å². The molecule has 0 aliphatic carbocycles. The minimum atomic E-state index is -0.280. The van der Waals surface area contributed by atoms with Gasteiger partial charge in [0.25, 0.3) is 0 Å². The Hall–Kier alpha value is -0.120. The van der Waals surface area contributed by atoms with E-state index in [-0.39, 0.29) is 18.8 Å². The predicted molar refractivity (Wildman–Crippen MR) is 52.5 cm³/mol. The molecule has 0 amide bonds. The van der Waals surface area contributed by atoms with Crippen molar-refractivity contribution in [2.75, 3.05) is 19.7 Å². The zero-order valence-electron chi connectivity index (χ0n) is 8.61. The summed E-state index contributed by atoms with van der Waals surface area (Å²) in [5, 5.41) is 18.5. The lowest BCUT2D eigenvalue weighted by Crippen LogP contribution is -2.46. The average Bonchev–Trinajstić information content (AvgIpc) is 2.16. The number of rotatable bonds is 3. The van der Waals surface area contributed by atoms with Crippen LogP contribution in [0.15, 0.2) is 0 Å². The van der Waals surface area contributed by atoms with Gasteiger partial charge in [0.2, 0.25) is 0 Å². The van der Waals surface area contributed by atoms with E-state index >= 15 is 0 Å². The third kappa shape index (κ3) is 2.93. The summed E-state index contributed by atoms with van der Waals surface area (Å²) in [6.07, 6.45) is 1.99. The molecule has 3 atom stereocenters. The lowest BCUT2D eigenvalue weighted by Gasteiger charge is -2.37. The first-order chi connectivity index (χ1) is 6.15. The van der Waals surface area contributed by atoms with Gasteiger partial charge in [-0.1, -0.05) is 0 Å². The topological polar surface area (TPSA) is 43.7 Å². The van der Waals surface area contributed by atoms with Crippen LogP contribution in [0.3, 0.4) is 0 Å². The quantitative estimate of drug-likeness (QED) is 0.674. The van der Waals surface area contributed by atoms with E-state index < -0.39 is 0 Å². The number of nitrogens with zero attached hydrogens (tertiary/aromatic N) is 1. The van der Waals surface area contributed by atoms with E-state index in [4.69, 9.17) is 5.11 Å². The first-order valence-electron chi connectivity index (χ1n) is 5.18. The van der Waals surface area contributed by atoms with E-state index in [9.17, 15) is 5.11 Å². The first kappa shape index (κ1) is 11.0. The maximum atomic E-state index is 9.43. The van der Waals surface area contributed by atoms with Crippen LogP contribution in [-0.2, 0) is 0 Å². The Morgan fingerprint density at radius 3 is 2.69 bits per heavy atom. The molecule has 1 saturated heterocycles. The van der Waals surface area contributed by atoms with E-state index in [0.29, 0.717) is 5.92 Å². The summed E-state index contributed by atoms with van der Waals surface area (Å²) in [5.41, 5.74) is 0. The number of aliphatic hydroxyl groups excluding tert-OH is 2. The number of likely N-dealkylation sites (tertiary alicyclic amines) is 1. The van der Waals surface area contributed by atoms with Gasteiger partial charge in [-0.25, -0.2) is 0 Å². The Bertz CT molecular complexity index is 150. The SMILES string of the molecule is CC(O)C(C)N1CCCC(CO)C1. The molecule has 1 heterocycles. The van der Waals surface area contributed by atoms with E-state index in [1.54, 1.807) is 0 Å². The average molecular weight is 187 g/mol. The normalized spacial score (nSPS) is 30.0. The minimum absolute atomic E-state index is 0.217. The van der Waals surface area contributed by atoms with Gasteiger partial charge in [-0.2, -0.15) is 0 Å². The molecule has 0 aromatic heterocycles. The van der Waals surface area contributed by atoms with E-state index in [1.165, 1.54) is 0 Å². The Labute approximate surface area is 80.4 Å². The van der Waals surface area contributed by atoms with Gasteiger partial charge < -0.3 is 10.2 Å². The highest BCUT2D eigenvalue weighted by atomic mass is 16.3. The zero-order valence-corrected chi connectivity index (χ0v) is 8.61. The van der Waals surface area contributed by atoms with E-state index in [0.717, 1.165) is 25.9 Å². The second-order valence-electron chi connectivity index (χ2n) is 4.17. The molecule has 78 valence electrons. The lowest BCUT2D eigenvalue weighted by molar-refractivity contribution is 0.0315. The molecule has 0 aromatic rings. The standard InChI is InChI=1S/C10H21NO2/c1-8(9(2)13)11-5-3-4-10(6-11)7-12/h8-10,12-13H,3-7H2,1-2H3. The van der Waals surface area contributed by atoms with Crippen LogP contribution >= 0.6 is 0 Å². The molecule has 13 heavy (non-hydrogen) atoms. The fourth-order valence-electron chi connectivity index (χ4n) is 1.92. The van der Waals surface area contributed by atoms with Crippen LogP contribution in [0.1, 0.15) is 26.7 Å². The van der Waals surface area contributed by atoms with Crippen molar-refractivity contribution in [3.05, 3.63) is 0 Å². The molecule has 3 heteroatoms. The third-order valence-corrected chi connectivity index (χ3v) is 3.08. The van der Waals surface area contributed by atoms with Crippen LogP contribution < -0.4 is 0 Å². The lowest BCUT2D eigenvalue weighted by atomic mass is 9.97. The first-order valence-corrected chi connectivity index (χ1v) is 5.18. The molecule has 1 aliphatic rings. The second-order valence-corrected chi connectivity index (χ2v) is 4.17. The number of hydrogen-bond donors (Lipinski definition) is 2. The summed E-state index contributed by atoms with van der Waals surface area (Å²) in [4.78, 5) is 2.27. The largest absolute Gasteiger partial charge is 0.396 e.